The molecule has 0 spiro atoms. The smallest absolute Gasteiger partial charge is 0.246 e. The molecule has 2 aromatic rings. The predicted octanol–water partition coefficient (Wildman–Crippen LogP) is 3.30. The Hall–Kier alpha value is -2.74. The average Bonchev–Trinajstić information content (AvgIpc) is 2.72. The van der Waals surface area contributed by atoms with Crippen molar-refractivity contribution in [2.75, 3.05) is 31.3 Å². The second-order valence-electron chi connectivity index (χ2n) is 6.95. The number of benzene rings is 2. The maximum Gasteiger partial charge on any atom is 0.246 e. The van der Waals surface area contributed by atoms with Crippen molar-refractivity contribution in [3.63, 3.8) is 0 Å². The molecular formula is C22H30N2O5S. The molecule has 0 heterocycles. The molecule has 0 aromatic heterocycles. The molecule has 0 radical (unpaired) electrons. The molecule has 0 saturated carbocycles. The second kappa shape index (κ2) is 10.3. The highest BCUT2D eigenvalue weighted by atomic mass is 32.2. The van der Waals surface area contributed by atoms with E-state index in [4.69, 9.17) is 9.47 Å². The van der Waals surface area contributed by atoms with E-state index in [1.807, 2.05) is 31.2 Å². The largest absolute Gasteiger partial charge is 0.497 e. The minimum Gasteiger partial charge on any atom is -0.497 e. The summed E-state index contributed by atoms with van der Waals surface area (Å²) in [7, 11) is -0.417. The number of nitrogens with zero attached hydrogens (tertiary/aromatic N) is 2. The van der Waals surface area contributed by atoms with Gasteiger partial charge in [0, 0.05) is 13.6 Å². The number of ether oxygens (including phenoxy) is 2. The summed E-state index contributed by atoms with van der Waals surface area (Å²) < 4.78 is 37.0. The fraction of sp³-hybridized carbons (Fsp3) is 0.409. The van der Waals surface area contributed by atoms with Crippen LogP contribution in [-0.2, 0) is 21.4 Å². The molecular weight excluding hydrogens is 404 g/mol. The van der Waals surface area contributed by atoms with Gasteiger partial charge in [-0.1, -0.05) is 19.1 Å². The fourth-order valence-electron chi connectivity index (χ4n) is 3.24. The van der Waals surface area contributed by atoms with E-state index in [0.717, 1.165) is 17.6 Å². The number of rotatable bonds is 10. The molecule has 0 aliphatic heterocycles. The summed E-state index contributed by atoms with van der Waals surface area (Å²) in [5.41, 5.74) is 1.35. The summed E-state index contributed by atoms with van der Waals surface area (Å²) in [5, 5.41) is 0. The third-order valence-electron chi connectivity index (χ3n) is 4.67. The van der Waals surface area contributed by atoms with Crippen LogP contribution in [0.5, 0.6) is 11.5 Å². The summed E-state index contributed by atoms with van der Waals surface area (Å²) in [6, 6.07) is 13.3. The van der Waals surface area contributed by atoms with E-state index in [1.165, 1.54) is 4.31 Å². The van der Waals surface area contributed by atoms with Gasteiger partial charge in [0.25, 0.3) is 0 Å². The summed E-state index contributed by atoms with van der Waals surface area (Å²) in [5.74, 6) is 1.11. The summed E-state index contributed by atoms with van der Waals surface area (Å²) >= 11 is 0. The van der Waals surface area contributed by atoms with E-state index in [9.17, 15) is 13.2 Å². The third-order valence-corrected chi connectivity index (χ3v) is 5.85. The van der Waals surface area contributed by atoms with Crippen LogP contribution in [0.3, 0.4) is 0 Å². The Balaban J connectivity index is 2.27. The van der Waals surface area contributed by atoms with Crippen molar-refractivity contribution in [2.24, 2.45) is 0 Å². The molecule has 0 aliphatic rings. The Morgan fingerprint density at radius 1 is 1.00 bits per heavy atom. The number of carbonyl (C=O) groups excluding carboxylic acids is 1. The van der Waals surface area contributed by atoms with Gasteiger partial charge < -0.3 is 14.4 Å². The molecule has 1 amide bonds. The van der Waals surface area contributed by atoms with Crippen LogP contribution in [0, 0.1) is 0 Å². The van der Waals surface area contributed by atoms with Crippen molar-refractivity contribution in [1.82, 2.24) is 4.90 Å². The Morgan fingerprint density at radius 2 is 1.57 bits per heavy atom. The van der Waals surface area contributed by atoms with Crippen LogP contribution in [-0.4, -0.2) is 52.3 Å². The quantitative estimate of drug-likeness (QED) is 0.574. The Bertz CT molecular complexity index is 927. The summed E-state index contributed by atoms with van der Waals surface area (Å²) in [6.07, 6.45) is 1.45. The molecule has 0 aliphatic carbocycles. The van der Waals surface area contributed by atoms with E-state index in [2.05, 4.69) is 0 Å². The fourth-order valence-corrected chi connectivity index (χ4v) is 4.44. The van der Waals surface area contributed by atoms with Crippen molar-refractivity contribution in [3.8, 4) is 11.5 Å². The molecule has 2 rings (SSSR count). The first kappa shape index (κ1) is 23.5. The maximum absolute atomic E-state index is 13.2. The van der Waals surface area contributed by atoms with E-state index >= 15 is 0 Å². The molecule has 164 valence electrons. The van der Waals surface area contributed by atoms with Gasteiger partial charge in [0.05, 0.1) is 25.7 Å². The first-order valence-corrected chi connectivity index (χ1v) is 11.7. The van der Waals surface area contributed by atoms with Gasteiger partial charge in [-0.2, -0.15) is 0 Å². The van der Waals surface area contributed by atoms with Gasteiger partial charge >= 0.3 is 0 Å². The first-order valence-electron chi connectivity index (χ1n) is 9.81. The Morgan fingerprint density at radius 3 is 2.03 bits per heavy atom. The molecule has 0 bridgehead atoms. The van der Waals surface area contributed by atoms with Crippen molar-refractivity contribution in [3.05, 3.63) is 54.1 Å². The van der Waals surface area contributed by atoms with Gasteiger partial charge in [-0.15, -0.1) is 0 Å². The molecule has 0 saturated heterocycles. The normalized spacial score (nSPS) is 12.2. The zero-order valence-electron chi connectivity index (χ0n) is 18.2. The number of likely N-dealkylation sites (N-methyl/N-ethyl adjacent to an activating group) is 1. The lowest BCUT2D eigenvalue weighted by atomic mass is 10.1. The van der Waals surface area contributed by atoms with Crippen molar-refractivity contribution >= 4 is 21.6 Å². The SMILES string of the molecule is CCOc1ccc(N(C(CC)C(=O)N(C)Cc2ccc(OC)cc2)S(C)(=O)=O)cc1. The van der Waals surface area contributed by atoms with Crippen LogP contribution in [0.25, 0.3) is 0 Å². The van der Waals surface area contributed by atoms with Crippen LogP contribution >= 0.6 is 0 Å². The maximum atomic E-state index is 13.2. The molecule has 8 heteroatoms. The standard InChI is InChI=1S/C22H30N2O5S/c1-6-21(22(25)23(3)16-17-8-12-19(28-4)13-9-17)24(30(5,26)27)18-10-14-20(15-11-18)29-7-2/h8-15,21H,6-7,16H2,1-5H3. The van der Waals surface area contributed by atoms with Crippen LogP contribution in [0.15, 0.2) is 48.5 Å². The number of amides is 1. The van der Waals surface area contributed by atoms with Crippen molar-refractivity contribution in [2.45, 2.75) is 32.9 Å². The lowest BCUT2D eigenvalue weighted by molar-refractivity contribution is -0.131. The highest BCUT2D eigenvalue weighted by molar-refractivity contribution is 7.92. The molecule has 30 heavy (non-hydrogen) atoms. The van der Waals surface area contributed by atoms with Gasteiger partial charge in [0.1, 0.15) is 17.5 Å². The minimum absolute atomic E-state index is 0.271. The van der Waals surface area contributed by atoms with E-state index in [-0.39, 0.29) is 5.91 Å². The molecule has 1 unspecified atom stereocenters. The van der Waals surface area contributed by atoms with Gasteiger partial charge in [0.15, 0.2) is 0 Å². The lowest BCUT2D eigenvalue weighted by Crippen LogP contribution is -2.49. The second-order valence-corrected chi connectivity index (χ2v) is 8.81. The average molecular weight is 435 g/mol. The zero-order valence-corrected chi connectivity index (χ0v) is 19.0. The lowest BCUT2D eigenvalue weighted by Gasteiger charge is -2.33. The van der Waals surface area contributed by atoms with E-state index in [0.29, 0.717) is 31.0 Å². The van der Waals surface area contributed by atoms with Crippen molar-refractivity contribution in [1.29, 1.82) is 0 Å². The molecule has 0 fully saturated rings. The Kier molecular flexibility index (Phi) is 8.11. The van der Waals surface area contributed by atoms with Crippen LogP contribution in [0.1, 0.15) is 25.8 Å². The zero-order chi connectivity index (χ0) is 22.3. The molecule has 1 atom stereocenters. The number of hydrogen-bond acceptors (Lipinski definition) is 5. The molecule has 7 nitrogen and oxygen atoms in total. The van der Waals surface area contributed by atoms with Gasteiger partial charge in [-0.25, -0.2) is 8.42 Å². The number of hydrogen-bond donors (Lipinski definition) is 0. The number of anilines is 1. The highest BCUT2D eigenvalue weighted by Crippen LogP contribution is 2.26. The van der Waals surface area contributed by atoms with Gasteiger partial charge in [-0.05, 0) is 55.3 Å². The monoisotopic (exact) mass is 434 g/mol. The number of sulfonamides is 1. The molecule has 0 N–H and O–H groups in total. The number of methoxy groups -OCH3 is 1. The number of carbonyl (C=O) groups is 1. The van der Waals surface area contributed by atoms with Gasteiger partial charge in [0.2, 0.25) is 15.9 Å². The van der Waals surface area contributed by atoms with E-state index < -0.39 is 16.1 Å². The Labute approximate surface area is 179 Å². The van der Waals surface area contributed by atoms with Gasteiger partial charge in [-0.3, -0.25) is 9.10 Å². The predicted molar refractivity (Wildman–Crippen MR) is 118 cm³/mol. The van der Waals surface area contributed by atoms with Crippen molar-refractivity contribution < 1.29 is 22.7 Å². The minimum atomic E-state index is -3.69. The van der Waals surface area contributed by atoms with E-state index in [1.54, 1.807) is 50.2 Å². The highest BCUT2D eigenvalue weighted by Gasteiger charge is 2.33. The summed E-state index contributed by atoms with van der Waals surface area (Å²) in [6.45, 7) is 4.55. The first-order chi connectivity index (χ1) is 14.2. The van der Waals surface area contributed by atoms with Crippen LogP contribution < -0.4 is 13.8 Å². The van der Waals surface area contributed by atoms with Crippen LogP contribution in [0.4, 0.5) is 5.69 Å². The topological polar surface area (TPSA) is 76.2 Å². The third kappa shape index (κ3) is 5.89. The molecule has 2 aromatic carbocycles. The summed E-state index contributed by atoms with van der Waals surface area (Å²) in [4.78, 5) is 14.7. The van der Waals surface area contributed by atoms with Crippen LogP contribution in [0.2, 0.25) is 0 Å².